The summed E-state index contributed by atoms with van der Waals surface area (Å²) in [7, 11) is 0. The van der Waals surface area contributed by atoms with E-state index in [4.69, 9.17) is 0 Å². The lowest BCUT2D eigenvalue weighted by atomic mass is 10.4. The number of benzene rings is 1. The standard InChI is InChI=1S/C11H9BrN2OS/c12-9-6-13-10(14-11(9)15)7-16-8-4-2-1-3-5-8/h1-6H,7H2,(H,13,14,15). The molecule has 2 rings (SSSR count). The Labute approximate surface area is 105 Å². The SMILES string of the molecule is O=c1[nH]c(CSc2ccccc2)ncc1Br. The predicted molar refractivity (Wildman–Crippen MR) is 68.6 cm³/mol. The van der Waals surface area contributed by atoms with Crippen molar-refractivity contribution in [2.75, 3.05) is 0 Å². The smallest absolute Gasteiger partial charge is 0.265 e. The number of hydrogen-bond donors (Lipinski definition) is 1. The fourth-order valence-electron chi connectivity index (χ4n) is 1.16. The molecule has 16 heavy (non-hydrogen) atoms. The first-order chi connectivity index (χ1) is 7.75. The number of nitrogens with zero attached hydrogens (tertiary/aromatic N) is 1. The van der Waals surface area contributed by atoms with Crippen LogP contribution in [-0.4, -0.2) is 9.97 Å². The molecular weight excluding hydrogens is 288 g/mol. The van der Waals surface area contributed by atoms with Crippen molar-refractivity contribution < 1.29 is 0 Å². The molecule has 0 unspecified atom stereocenters. The van der Waals surface area contributed by atoms with E-state index in [0.717, 1.165) is 4.90 Å². The Balaban J connectivity index is 2.05. The molecule has 1 heterocycles. The van der Waals surface area contributed by atoms with E-state index >= 15 is 0 Å². The van der Waals surface area contributed by atoms with E-state index in [1.165, 1.54) is 6.20 Å². The van der Waals surface area contributed by atoms with Crippen molar-refractivity contribution in [1.29, 1.82) is 0 Å². The van der Waals surface area contributed by atoms with Crippen molar-refractivity contribution in [1.82, 2.24) is 9.97 Å². The van der Waals surface area contributed by atoms with Gasteiger partial charge in [-0.15, -0.1) is 11.8 Å². The van der Waals surface area contributed by atoms with Crippen molar-refractivity contribution in [2.45, 2.75) is 10.6 Å². The number of thioether (sulfide) groups is 1. The Morgan fingerprint density at radius 1 is 1.31 bits per heavy atom. The van der Waals surface area contributed by atoms with E-state index in [-0.39, 0.29) is 5.56 Å². The summed E-state index contributed by atoms with van der Waals surface area (Å²) in [5.41, 5.74) is -0.140. The van der Waals surface area contributed by atoms with Gasteiger partial charge in [-0.3, -0.25) is 4.79 Å². The first-order valence-electron chi connectivity index (χ1n) is 4.67. The second-order valence-corrected chi connectivity index (χ2v) is 5.01. The highest BCUT2D eigenvalue weighted by Crippen LogP contribution is 2.20. The monoisotopic (exact) mass is 296 g/mol. The molecule has 1 aromatic carbocycles. The fraction of sp³-hybridized carbons (Fsp3) is 0.0909. The molecule has 5 heteroatoms. The van der Waals surface area contributed by atoms with Gasteiger partial charge in [0.05, 0.1) is 5.75 Å². The van der Waals surface area contributed by atoms with Crippen molar-refractivity contribution in [3.63, 3.8) is 0 Å². The Morgan fingerprint density at radius 3 is 2.75 bits per heavy atom. The van der Waals surface area contributed by atoms with Gasteiger partial charge >= 0.3 is 0 Å². The lowest BCUT2D eigenvalue weighted by Crippen LogP contribution is -2.10. The molecule has 0 amide bonds. The van der Waals surface area contributed by atoms with Gasteiger partial charge in [0.1, 0.15) is 10.3 Å². The zero-order valence-electron chi connectivity index (χ0n) is 8.31. The normalized spacial score (nSPS) is 10.3. The van der Waals surface area contributed by atoms with Crippen LogP contribution in [0.2, 0.25) is 0 Å². The van der Waals surface area contributed by atoms with Crippen molar-refractivity contribution in [2.24, 2.45) is 0 Å². The van der Waals surface area contributed by atoms with Gasteiger partial charge in [-0.25, -0.2) is 4.98 Å². The highest BCUT2D eigenvalue weighted by Gasteiger charge is 2.00. The molecule has 0 aliphatic carbocycles. The predicted octanol–water partition coefficient (Wildman–Crippen LogP) is 2.82. The summed E-state index contributed by atoms with van der Waals surface area (Å²) < 4.78 is 0.459. The van der Waals surface area contributed by atoms with Gasteiger partial charge in [-0.2, -0.15) is 0 Å². The Morgan fingerprint density at radius 2 is 2.06 bits per heavy atom. The minimum absolute atomic E-state index is 0.140. The minimum Gasteiger partial charge on any atom is -0.309 e. The summed E-state index contributed by atoms with van der Waals surface area (Å²) in [6.07, 6.45) is 1.53. The lowest BCUT2D eigenvalue weighted by molar-refractivity contribution is 0.990. The third-order valence-electron chi connectivity index (χ3n) is 1.93. The maximum atomic E-state index is 11.3. The number of aromatic nitrogens is 2. The van der Waals surface area contributed by atoms with E-state index in [1.54, 1.807) is 11.8 Å². The summed E-state index contributed by atoms with van der Waals surface area (Å²) in [4.78, 5) is 19.3. The highest BCUT2D eigenvalue weighted by molar-refractivity contribution is 9.10. The van der Waals surface area contributed by atoms with Crippen molar-refractivity contribution in [3.8, 4) is 0 Å². The second kappa shape index (κ2) is 5.32. The zero-order chi connectivity index (χ0) is 11.4. The maximum Gasteiger partial charge on any atom is 0.265 e. The number of nitrogens with one attached hydrogen (secondary N) is 1. The van der Waals surface area contributed by atoms with Crippen LogP contribution in [0.4, 0.5) is 0 Å². The number of H-pyrrole nitrogens is 1. The number of halogens is 1. The molecule has 1 N–H and O–H groups in total. The molecule has 2 aromatic rings. The maximum absolute atomic E-state index is 11.3. The van der Waals surface area contributed by atoms with E-state index in [9.17, 15) is 4.79 Å². The molecule has 0 aliphatic heterocycles. The largest absolute Gasteiger partial charge is 0.309 e. The molecule has 0 radical (unpaired) electrons. The highest BCUT2D eigenvalue weighted by atomic mass is 79.9. The van der Waals surface area contributed by atoms with Gasteiger partial charge in [0, 0.05) is 11.1 Å². The second-order valence-electron chi connectivity index (χ2n) is 3.11. The number of aromatic amines is 1. The summed E-state index contributed by atoms with van der Waals surface area (Å²) >= 11 is 4.75. The van der Waals surface area contributed by atoms with Crippen LogP contribution >= 0.6 is 27.7 Å². The van der Waals surface area contributed by atoms with Gasteiger partial charge < -0.3 is 4.98 Å². The first-order valence-corrected chi connectivity index (χ1v) is 6.45. The van der Waals surface area contributed by atoms with Gasteiger partial charge in [-0.05, 0) is 28.1 Å². The lowest BCUT2D eigenvalue weighted by Gasteiger charge is -2.00. The summed E-state index contributed by atoms with van der Waals surface area (Å²) in [5.74, 6) is 1.34. The average Bonchev–Trinajstić information content (AvgIpc) is 2.32. The van der Waals surface area contributed by atoms with Crippen molar-refractivity contribution in [3.05, 3.63) is 57.2 Å². The molecule has 3 nitrogen and oxygen atoms in total. The van der Waals surface area contributed by atoms with Crippen LogP contribution < -0.4 is 5.56 Å². The molecule has 0 atom stereocenters. The summed E-state index contributed by atoms with van der Waals surface area (Å²) in [6, 6.07) is 10.0. The van der Waals surface area contributed by atoms with Crippen molar-refractivity contribution >= 4 is 27.7 Å². The van der Waals surface area contributed by atoms with Gasteiger partial charge in [0.15, 0.2) is 0 Å². The third kappa shape index (κ3) is 2.96. The van der Waals surface area contributed by atoms with Crippen LogP contribution in [0.3, 0.4) is 0 Å². The van der Waals surface area contributed by atoms with E-state index in [0.29, 0.717) is 16.0 Å². The Bertz CT molecular complexity index is 527. The van der Waals surface area contributed by atoms with Crippen LogP contribution in [0, 0.1) is 0 Å². The number of rotatable bonds is 3. The molecule has 0 saturated carbocycles. The average molecular weight is 297 g/mol. The van der Waals surface area contributed by atoms with Crippen LogP contribution in [0.15, 0.2) is 50.7 Å². The van der Waals surface area contributed by atoms with Gasteiger partial charge in [0.2, 0.25) is 0 Å². The van der Waals surface area contributed by atoms with E-state index in [2.05, 4.69) is 25.9 Å². The molecule has 0 fully saturated rings. The fourth-order valence-corrected chi connectivity index (χ4v) is 2.16. The first kappa shape index (κ1) is 11.4. The van der Waals surface area contributed by atoms with E-state index < -0.39 is 0 Å². The van der Waals surface area contributed by atoms with Crippen LogP contribution in [0.5, 0.6) is 0 Å². The quantitative estimate of drug-likeness (QED) is 0.886. The Hall–Kier alpha value is -1.07. The van der Waals surface area contributed by atoms with Crippen LogP contribution in [-0.2, 0) is 5.75 Å². The molecule has 82 valence electrons. The summed E-state index contributed by atoms with van der Waals surface area (Å²) in [5, 5.41) is 0. The van der Waals surface area contributed by atoms with E-state index in [1.807, 2.05) is 30.3 Å². The third-order valence-corrected chi connectivity index (χ3v) is 3.52. The summed E-state index contributed by atoms with van der Waals surface area (Å²) in [6.45, 7) is 0. The molecule has 0 bridgehead atoms. The van der Waals surface area contributed by atoms with Crippen LogP contribution in [0.25, 0.3) is 0 Å². The Kier molecular flexibility index (Phi) is 3.79. The van der Waals surface area contributed by atoms with Gasteiger partial charge in [-0.1, -0.05) is 18.2 Å². The van der Waals surface area contributed by atoms with Crippen LogP contribution in [0.1, 0.15) is 5.82 Å². The zero-order valence-corrected chi connectivity index (χ0v) is 10.7. The van der Waals surface area contributed by atoms with Gasteiger partial charge in [0.25, 0.3) is 5.56 Å². The minimum atomic E-state index is -0.140. The molecule has 0 spiro atoms. The molecule has 0 aliphatic rings. The number of hydrogen-bond acceptors (Lipinski definition) is 3. The molecule has 0 saturated heterocycles. The molecular formula is C11H9BrN2OS. The molecule has 1 aromatic heterocycles. The topological polar surface area (TPSA) is 45.8 Å².